The minimum absolute atomic E-state index is 0.369. The highest BCUT2D eigenvalue weighted by molar-refractivity contribution is 5.53. The van der Waals surface area contributed by atoms with E-state index in [0.717, 1.165) is 17.0 Å². The molecule has 3 aromatic heterocycles. The van der Waals surface area contributed by atoms with Crippen molar-refractivity contribution in [2.24, 2.45) is 0 Å². The lowest BCUT2D eigenvalue weighted by atomic mass is 10.1. The molecule has 0 aromatic carbocycles. The Labute approximate surface area is 105 Å². The van der Waals surface area contributed by atoms with E-state index in [2.05, 4.69) is 34.1 Å². The van der Waals surface area contributed by atoms with Crippen molar-refractivity contribution in [1.82, 2.24) is 24.8 Å². The van der Waals surface area contributed by atoms with Gasteiger partial charge in [-0.1, -0.05) is 19.9 Å². The van der Waals surface area contributed by atoms with Crippen LogP contribution in [-0.4, -0.2) is 24.8 Å². The SMILES string of the molecule is CC(C)c1ccc2nnc(-c3ccccn3)n2n1. The molecule has 0 N–H and O–H groups in total. The van der Waals surface area contributed by atoms with E-state index in [1.807, 2.05) is 30.3 Å². The first-order valence-electron chi connectivity index (χ1n) is 5.89. The van der Waals surface area contributed by atoms with Crippen molar-refractivity contribution in [3.8, 4) is 11.5 Å². The van der Waals surface area contributed by atoms with E-state index in [1.54, 1.807) is 10.7 Å². The van der Waals surface area contributed by atoms with E-state index in [9.17, 15) is 0 Å². The number of hydrogen-bond donors (Lipinski definition) is 0. The maximum Gasteiger partial charge on any atom is 0.203 e. The van der Waals surface area contributed by atoms with Gasteiger partial charge in [-0.2, -0.15) is 9.61 Å². The Balaban J connectivity index is 2.21. The molecule has 0 bridgehead atoms. The van der Waals surface area contributed by atoms with Gasteiger partial charge in [-0.05, 0) is 30.2 Å². The Bertz CT molecular complexity index is 672. The number of hydrogen-bond acceptors (Lipinski definition) is 4. The van der Waals surface area contributed by atoms with Crippen LogP contribution < -0.4 is 0 Å². The highest BCUT2D eigenvalue weighted by Crippen LogP contribution is 2.17. The van der Waals surface area contributed by atoms with Crippen LogP contribution in [0.4, 0.5) is 0 Å². The van der Waals surface area contributed by atoms with Gasteiger partial charge in [0.15, 0.2) is 5.65 Å². The molecule has 18 heavy (non-hydrogen) atoms. The van der Waals surface area contributed by atoms with Crippen LogP contribution in [0, 0.1) is 0 Å². The second-order valence-electron chi connectivity index (χ2n) is 4.42. The highest BCUT2D eigenvalue weighted by atomic mass is 15.4. The first-order valence-corrected chi connectivity index (χ1v) is 5.89. The van der Waals surface area contributed by atoms with Crippen LogP contribution in [0.2, 0.25) is 0 Å². The Morgan fingerprint density at radius 3 is 2.67 bits per heavy atom. The molecule has 5 nitrogen and oxygen atoms in total. The second-order valence-corrected chi connectivity index (χ2v) is 4.42. The molecule has 0 fully saturated rings. The van der Waals surface area contributed by atoms with Crippen molar-refractivity contribution >= 4 is 5.65 Å². The monoisotopic (exact) mass is 239 g/mol. The molecule has 0 spiro atoms. The van der Waals surface area contributed by atoms with Gasteiger partial charge in [0, 0.05) is 6.20 Å². The molecule has 3 aromatic rings. The first-order chi connectivity index (χ1) is 8.75. The largest absolute Gasteiger partial charge is 0.253 e. The summed E-state index contributed by atoms with van der Waals surface area (Å²) >= 11 is 0. The van der Waals surface area contributed by atoms with Gasteiger partial charge >= 0.3 is 0 Å². The summed E-state index contributed by atoms with van der Waals surface area (Å²) < 4.78 is 1.75. The van der Waals surface area contributed by atoms with E-state index in [1.165, 1.54) is 0 Å². The van der Waals surface area contributed by atoms with E-state index in [4.69, 9.17) is 0 Å². The fourth-order valence-electron chi connectivity index (χ4n) is 1.77. The Morgan fingerprint density at radius 2 is 1.94 bits per heavy atom. The molecule has 0 saturated heterocycles. The summed E-state index contributed by atoms with van der Waals surface area (Å²) in [6.07, 6.45) is 1.74. The number of fused-ring (bicyclic) bond motifs is 1. The maximum atomic E-state index is 4.56. The van der Waals surface area contributed by atoms with Gasteiger partial charge in [-0.15, -0.1) is 10.2 Å². The van der Waals surface area contributed by atoms with Gasteiger partial charge in [0.1, 0.15) is 5.69 Å². The molecule has 3 rings (SSSR count). The molecule has 0 unspecified atom stereocenters. The zero-order valence-corrected chi connectivity index (χ0v) is 10.3. The van der Waals surface area contributed by atoms with Crippen LogP contribution >= 0.6 is 0 Å². The highest BCUT2D eigenvalue weighted by Gasteiger charge is 2.11. The van der Waals surface area contributed by atoms with Gasteiger partial charge in [0.2, 0.25) is 5.82 Å². The average Bonchev–Trinajstić information content (AvgIpc) is 2.82. The van der Waals surface area contributed by atoms with E-state index in [0.29, 0.717) is 11.7 Å². The van der Waals surface area contributed by atoms with E-state index in [-0.39, 0.29) is 0 Å². The van der Waals surface area contributed by atoms with E-state index >= 15 is 0 Å². The fourth-order valence-corrected chi connectivity index (χ4v) is 1.77. The standard InChI is InChI=1S/C13H13N5/c1-9(2)10-6-7-12-15-16-13(18(12)17-10)11-5-3-4-8-14-11/h3-9H,1-2H3. The molecule has 0 atom stereocenters. The zero-order valence-electron chi connectivity index (χ0n) is 10.3. The number of nitrogens with zero attached hydrogens (tertiary/aromatic N) is 5. The van der Waals surface area contributed by atoms with Gasteiger partial charge < -0.3 is 0 Å². The lowest BCUT2D eigenvalue weighted by Crippen LogP contribution is -2.01. The summed E-state index contributed by atoms with van der Waals surface area (Å²) in [5, 5.41) is 12.8. The third-order valence-corrected chi connectivity index (χ3v) is 2.77. The van der Waals surface area contributed by atoms with Crippen molar-refractivity contribution < 1.29 is 0 Å². The molecule has 3 heterocycles. The predicted molar refractivity (Wildman–Crippen MR) is 68.1 cm³/mol. The second kappa shape index (κ2) is 4.18. The Morgan fingerprint density at radius 1 is 1.06 bits per heavy atom. The van der Waals surface area contributed by atoms with Crippen LogP contribution in [0.1, 0.15) is 25.5 Å². The Kier molecular flexibility index (Phi) is 2.51. The number of rotatable bonds is 2. The topological polar surface area (TPSA) is 56.0 Å². The van der Waals surface area contributed by atoms with Crippen LogP contribution in [0.25, 0.3) is 17.2 Å². The van der Waals surface area contributed by atoms with Crippen molar-refractivity contribution in [3.63, 3.8) is 0 Å². The predicted octanol–water partition coefficient (Wildman–Crippen LogP) is 2.31. The Hall–Kier alpha value is -2.30. The summed E-state index contributed by atoms with van der Waals surface area (Å²) in [6, 6.07) is 9.62. The molecule has 0 radical (unpaired) electrons. The molecule has 0 aliphatic heterocycles. The fraction of sp³-hybridized carbons (Fsp3) is 0.231. The normalized spacial score (nSPS) is 11.3. The van der Waals surface area contributed by atoms with Crippen molar-refractivity contribution in [2.45, 2.75) is 19.8 Å². The number of pyridine rings is 1. The summed E-state index contributed by atoms with van der Waals surface area (Å²) in [5.41, 5.74) is 2.53. The third kappa shape index (κ3) is 1.73. The van der Waals surface area contributed by atoms with Gasteiger partial charge in [-0.25, -0.2) is 0 Å². The van der Waals surface area contributed by atoms with Crippen LogP contribution in [-0.2, 0) is 0 Å². The first kappa shape index (κ1) is 10.8. The third-order valence-electron chi connectivity index (χ3n) is 2.77. The molecule has 90 valence electrons. The smallest absolute Gasteiger partial charge is 0.203 e. The van der Waals surface area contributed by atoms with Crippen LogP contribution in [0.5, 0.6) is 0 Å². The van der Waals surface area contributed by atoms with Crippen LogP contribution in [0.15, 0.2) is 36.5 Å². The maximum absolute atomic E-state index is 4.56. The quantitative estimate of drug-likeness (QED) is 0.688. The van der Waals surface area contributed by atoms with Gasteiger partial charge in [0.25, 0.3) is 0 Å². The average molecular weight is 239 g/mol. The molecular formula is C13H13N5. The summed E-state index contributed by atoms with van der Waals surface area (Å²) in [6.45, 7) is 4.22. The summed E-state index contributed by atoms with van der Waals surface area (Å²) in [7, 11) is 0. The van der Waals surface area contributed by atoms with Crippen molar-refractivity contribution in [3.05, 3.63) is 42.2 Å². The van der Waals surface area contributed by atoms with E-state index < -0.39 is 0 Å². The van der Waals surface area contributed by atoms with Crippen molar-refractivity contribution in [1.29, 1.82) is 0 Å². The molecular weight excluding hydrogens is 226 g/mol. The zero-order chi connectivity index (χ0) is 12.5. The van der Waals surface area contributed by atoms with Gasteiger partial charge in [-0.3, -0.25) is 4.98 Å². The molecule has 0 aliphatic carbocycles. The number of aromatic nitrogens is 5. The van der Waals surface area contributed by atoms with Gasteiger partial charge in [0.05, 0.1) is 5.69 Å². The minimum Gasteiger partial charge on any atom is -0.253 e. The lowest BCUT2D eigenvalue weighted by Gasteiger charge is -2.04. The molecule has 5 heteroatoms. The minimum atomic E-state index is 0.369. The molecule has 0 amide bonds. The van der Waals surface area contributed by atoms with Crippen molar-refractivity contribution in [2.75, 3.05) is 0 Å². The molecule has 0 saturated carbocycles. The lowest BCUT2D eigenvalue weighted by molar-refractivity contribution is 0.764. The van der Waals surface area contributed by atoms with Crippen LogP contribution in [0.3, 0.4) is 0 Å². The molecule has 0 aliphatic rings. The summed E-state index contributed by atoms with van der Waals surface area (Å²) in [5.74, 6) is 1.04. The summed E-state index contributed by atoms with van der Waals surface area (Å²) in [4.78, 5) is 4.28.